The van der Waals surface area contributed by atoms with Gasteiger partial charge in [-0.25, -0.2) is 8.42 Å². The third-order valence-corrected chi connectivity index (χ3v) is 7.90. The van der Waals surface area contributed by atoms with Gasteiger partial charge in [-0.1, -0.05) is 37.5 Å². The summed E-state index contributed by atoms with van der Waals surface area (Å²) in [6.45, 7) is 4.67. The van der Waals surface area contributed by atoms with Crippen molar-refractivity contribution in [3.8, 4) is 0 Å². The molecule has 0 radical (unpaired) electrons. The number of hydrogen-bond donors (Lipinski definition) is 2. The molecule has 172 valence electrons. The van der Waals surface area contributed by atoms with Gasteiger partial charge in [0.2, 0.25) is 5.91 Å². The number of guanidine groups is 1. The Bertz CT molecular complexity index is 836. The van der Waals surface area contributed by atoms with Crippen molar-refractivity contribution in [1.29, 1.82) is 0 Å². The highest BCUT2D eigenvalue weighted by molar-refractivity contribution is 7.91. The monoisotopic (exact) mass is 448 g/mol. The molecular weight excluding hydrogens is 412 g/mol. The Kier molecular flexibility index (Phi) is 8.75. The van der Waals surface area contributed by atoms with Crippen LogP contribution in [0, 0.1) is 5.92 Å². The predicted molar refractivity (Wildman–Crippen MR) is 124 cm³/mol. The fraction of sp³-hybridized carbons (Fsp3) is 0.652. The molecule has 2 N–H and O–H groups in total. The molecule has 1 aliphatic carbocycles. The molecule has 7 nitrogen and oxygen atoms in total. The Labute approximate surface area is 186 Å². The van der Waals surface area contributed by atoms with Crippen molar-refractivity contribution < 1.29 is 13.2 Å². The van der Waals surface area contributed by atoms with Crippen molar-refractivity contribution >= 4 is 21.7 Å². The molecule has 0 bridgehead atoms. The lowest BCUT2D eigenvalue weighted by molar-refractivity contribution is -0.135. The minimum Gasteiger partial charge on any atom is -0.357 e. The van der Waals surface area contributed by atoms with E-state index in [-0.39, 0.29) is 17.7 Å². The first-order valence-corrected chi connectivity index (χ1v) is 13.3. The van der Waals surface area contributed by atoms with E-state index in [1.54, 1.807) is 24.3 Å². The van der Waals surface area contributed by atoms with Crippen LogP contribution in [0.2, 0.25) is 0 Å². The van der Waals surface area contributed by atoms with Gasteiger partial charge in [0.15, 0.2) is 15.8 Å². The molecule has 0 spiro atoms. The molecule has 1 saturated carbocycles. The molecule has 1 saturated heterocycles. The lowest BCUT2D eigenvalue weighted by Gasteiger charge is -2.26. The number of carbonyl (C=O) groups excluding carboxylic acids is 1. The third kappa shape index (κ3) is 6.95. The Hall–Kier alpha value is -2.09. The predicted octanol–water partition coefficient (Wildman–Crippen LogP) is 2.59. The summed E-state index contributed by atoms with van der Waals surface area (Å²) in [6, 6.07) is 8.72. The van der Waals surface area contributed by atoms with E-state index >= 15 is 0 Å². The van der Waals surface area contributed by atoms with Crippen LogP contribution in [-0.4, -0.2) is 63.2 Å². The summed E-state index contributed by atoms with van der Waals surface area (Å²) in [5.74, 6) is 1.29. The smallest absolute Gasteiger partial charge is 0.225 e. The number of benzene rings is 1. The molecule has 31 heavy (non-hydrogen) atoms. The topological polar surface area (TPSA) is 90.9 Å². The number of likely N-dealkylation sites (tertiary alicyclic amines) is 1. The average Bonchev–Trinajstić information content (AvgIpc) is 3.26. The molecular formula is C23H36N4O3S. The molecule has 2 fully saturated rings. The van der Waals surface area contributed by atoms with Crippen LogP contribution in [0.1, 0.15) is 51.9 Å². The van der Waals surface area contributed by atoms with Crippen molar-refractivity contribution in [1.82, 2.24) is 15.5 Å². The SMILES string of the molecule is CCNC(=NCCCS(=O)(=O)c1ccccc1)NC1CCN(C(=O)C2CCCCC2)C1. The highest BCUT2D eigenvalue weighted by atomic mass is 32.2. The Morgan fingerprint density at radius 2 is 1.87 bits per heavy atom. The van der Waals surface area contributed by atoms with Crippen molar-refractivity contribution in [3.05, 3.63) is 30.3 Å². The van der Waals surface area contributed by atoms with E-state index in [4.69, 9.17) is 0 Å². The summed E-state index contributed by atoms with van der Waals surface area (Å²) >= 11 is 0. The van der Waals surface area contributed by atoms with Crippen LogP contribution in [0.15, 0.2) is 40.2 Å². The number of amides is 1. The van der Waals surface area contributed by atoms with E-state index in [0.29, 0.717) is 36.3 Å². The normalized spacial score (nSPS) is 20.6. The second-order valence-corrected chi connectivity index (χ2v) is 10.6. The number of sulfone groups is 1. The second-order valence-electron chi connectivity index (χ2n) is 8.50. The number of carbonyl (C=O) groups is 1. The largest absolute Gasteiger partial charge is 0.357 e. The molecule has 1 atom stereocenters. The highest BCUT2D eigenvalue weighted by Gasteiger charge is 2.31. The zero-order valence-electron chi connectivity index (χ0n) is 18.6. The van der Waals surface area contributed by atoms with E-state index in [0.717, 1.165) is 32.4 Å². The van der Waals surface area contributed by atoms with E-state index in [1.807, 2.05) is 17.9 Å². The number of nitrogens with zero attached hydrogens (tertiary/aromatic N) is 2. The third-order valence-electron chi connectivity index (χ3n) is 6.08. The van der Waals surface area contributed by atoms with Crippen LogP contribution in [0.5, 0.6) is 0 Å². The summed E-state index contributed by atoms with van der Waals surface area (Å²) in [5.41, 5.74) is 0. The van der Waals surface area contributed by atoms with E-state index in [9.17, 15) is 13.2 Å². The van der Waals surface area contributed by atoms with Gasteiger partial charge in [0.05, 0.1) is 10.6 Å². The van der Waals surface area contributed by atoms with Crippen LogP contribution >= 0.6 is 0 Å². The van der Waals surface area contributed by atoms with Gasteiger partial charge in [0.25, 0.3) is 0 Å². The first-order chi connectivity index (χ1) is 15.0. The lowest BCUT2D eigenvalue weighted by Crippen LogP contribution is -2.45. The lowest BCUT2D eigenvalue weighted by atomic mass is 9.88. The molecule has 3 rings (SSSR count). The zero-order valence-corrected chi connectivity index (χ0v) is 19.4. The minimum atomic E-state index is -3.27. The minimum absolute atomic E-state index is 0.0764. The maximum Gasteiger partial charge on any atom is 0.225 e. The fourth-order valence-corrected chi connectivity index (χ4v) is 5.71. The van der Waals surface area contributed by atoms with Crippen LogP contribution in [0.4, 0.5) is 0 Å². The number of hydrogen-bond acceptors (Lipinski definition) is 4. The number of rotatable bonds is 8. The van der Waals surface area contributed by atoms with Gasteiger partial charge in [-0.05, 0) is 44.7 Å². The first-order valence-electron chi connectivity index (χ1n) is 11.6. The summed E-state index contributed by atoms with van der Waals surface area (Å²) < 4.78 is 24.8. The summed E-state index contributed by atoms with van der Waals surface area (Å²) in [4.78, 5) is 19.7. The number of aliphatic imine (C=N–C) groups is 1. The molecule has 1 unspecified atom stereocenters. The Morgan fingerprint density at radius 1 is 1.13 bits per heavy atom. The fourth-order valence-electron chi connectivity index (χ4n) is 4.39. The molecule has 8 heteroatoms. The maximum absolute atomic E-state index is 12.8. The Morgan fingerprint density at radius 3 is 2.58 bits per heavy atom. The van der Waals surface area contributed by atoms with Gasteiger partial charge in [0.1, 0.15) is 0 Å². The van der Waals surface area contributed by atoms with Crippen molar-refractivity contribution in [3.63, 3.8) is 0 Å². The Balaban J connectivity index is 1.47. The van der Waals surface area contributed by atoms with E-state index < -0.39 is 9.84 Å². The van der Waals surface area contributed by atoms with Crippen LogP contribution < -0.4 is 10.6 Å². The molecule has 1 aromatic carbocycles. The first kappa shape index (κ1) is 23.6. The van der Waals surface area contributed by atoms with Crippen LogP contribution in [-0.2, 0) is 14.6 Å². The maximum atomic E-state index is 12.8. The molecule has 2 aliphatic rings. The summed E-state index contributed by atoms with van der Waals surface area (Å²) in [7, 11) is -3.27. The van der Waals surface area contributed by atoms with E-state index in [1.165, 1.54) is 19.3 Å². The quantitative estimate of drug-likeness (QED) is 0.362. The molecule has 0 aromatic heterocycles. The van der Waals surface area contributed by atoms with Crippen LogP contribution in [0.3, 0.4) is 0 Å². The van der Waals surface area contributed by atoms with Crippen LogP contribution in [0.25, 0.3) is 0 Å². The van der Waals surface area contributed by atoms with Gasteiger partial charge in [-0.2, -0.15) is 0 Å². The average molecular weight is 449 g/mol. The molecule has 1 heterocycles. The van der Waals surface area contributed by atoms with Gasteiger partial charge >= 0.3 is 0 Å². The van der Waals surface area contributed by atoms with Crippen molar-refractivity contribution in [2.75, 3.05) is 31.9 Å². The van der Waals surface area contributed by atoms with Gasteiger partial charge < -0.3 is 15.5 Å². The molecule has 1 aliphatic heterocycles. The summed E-state index contributed by atoms with van der Waals surface area (Å²) in [6.07, 6.45) is 7.03. The van der Waals surface area contributed by atoms with Crippen molar-refractivity contribution in [2.45, 2.75) is 62.8 Å². The summed E-state index contributed by atoms with van der Waals surface area (Å²) in [5, 5.41) is 6.66. The van der Waals surface area contributed by atoms with Gasteiger partial charge in [-0.15, -0.1) is 0 Å². The highest BCUT2D eigenvalue weighted by Crippen LogP contribution is 2.26. The standard InChI is InChI=1S/C23H36N4O3S/c1-2-24-23(25-15-9-17-31(29,30)21-12-7-4-8-13-21)26-20-14-16-27(18-20)22(28)19-10-5-3-6-11-19/h4,7-8,12-13,19-20H,2-3,5-6,9-11,14-18H2,1H3,(H2,24,25,26). The molecule has 1 aromatic rings. The van der Waals surface area contributed by atoms with Gasteiger partial charge in [0, 0.05) is 38.1 Å². The van der Waals surface area contributed by atoms with E-state index in [2.05, 4.69) is 15.6 Å². The number of nitrogens with one attached hydrogen (secondary N) is 2. The van der Waals surface area contributed by atoms with Gasteiger partial charge in [-0.3, -0.25) is 9.79 Å². The second kappa shape index (κ2) is 11.5. The zero-order chi connectivity index (χ0) is 22.1. The van der Waals surface area contributed by atoms with Crippen molar-refractivity contribution in [2.24, 2.45) is 10.9 Å². The molecule has 1 amide bonds.